The average molecular weight is 615 g/mol. The molecule has 12 nitrogen and oxygen atoms in total. The van der Waals surface area contributed by atoms with Gasteiger partial charge in [-0.3, -0.25) is 19.1 Å². The number of aromatic hydroxyl groups is 1. The van der Waals surface area contributed by atoms with E-state index < -0.39 is 22.9 Å². The number of likely N-dealkylation sites (tertiary alicyclic amines) is 1. The van der Waals surface area contributed by atoms with Crippen LogP contribution in [0.2, 0.25) is 5.02 Å². The fraction of sp³-hybridized carbons (Fsp3) is 0.464. The van der Waals surface area contributed by atoms with E-state index in [1.54, 1.807) is 18.2 Å². The lowest BCUT2D eigenvalue weighted by Crippen LogP contribution is -2.50. The molecule has 0 bridgehead atoms. The van der Waals surface area contributed by atoms with E-state index in [0.29, 0.717) is 41.9 Å². The first-order valence-corrected chi connectivity index (χ1v) is 15.0. The minimum absolute atomic E-state index is 0.0301. The van der Waals surface area contributed by atoms with Crippen molar-refractivity contribution in [1.82, 2.24) is 14.5 Å². The van der Waals surface area contributed by atoms with E-state index in [-0.39, 0.29) is 28.0 Å². The number of aromatic nitrogens is 2. The Kier molecular flexibility index (Phi) is 8.92. The van der Waals surface area contributed by atoms with Crippen LogP contribution in [0, 0.1) is 5.41 Å². The van der Waals surface area contributed by atoms with E-state index in [1.165, 1.54) is 4.57 Å². The molecule has 2 aromatic rings. The van der Waals surface area contributed by atoms with Gasteiger partial charge in [0.25, 0.3) is 11.5 Å². The number of aryl methyl sites for hydroxylation is 1. The standard InChI is InChI=1S/C28H35ClN8O4S/c1-16(36-12-9-28(10-13-36)15-41-14-19(28)30)33-23(31)26(32-2)42-18-7-5-6-17(22(18)29)34-24(38)21-25(39)35-20-8-3-4-11-37(20)27(21)40/h5-7,19,39H,2-4,8-15,30-31H2,1H3,(H,34,38)/b26-23+,33-16?/t19-/m1/s1. The molecule has 5 rings (SSSR count). The summed E-state index contributed by atoms with van der Waals surface area (Å²) in [5, 5.41) is 13.5. The van der Waals surface area contributed by atoms with Gasteiger partial charge in [-0.25, -0.2) is 4.99 Å². The lowest BCUT2D eigenvalue weighted by molar-refractivity contribution is 0.101. The van der Waals surface area contributed by atoms with Gasteiger partial charge in [-0.2, -0.15) is 4.98 Å². The van der Waals surface area contributed by atoms with Gasteiger partial charge in [0.05, 0.1) is 23.9 Å². The molecular weight excluding hydrogens is 580 g/mol. The van der Waals surface area contributed by atoms with Gasteiger partial charge in [-0.05, 0) is 51.5 Å². The SMILES string of the molecule is C=N/C(Sc1cccc(NC(=O)c2c(O)nc3n(c2=O)CCCC3)c1Cl)=C(/N)N=C(C)N1CCC2(CC1)COC[C@H]2N. The third-order valence-electron chi connectivity index (χ3n) is 8.24. The molecule has 1 aromatic carbocycles. The number of carbonyl (C=O) groups excluding carboxylic acids is 1. The molecule has 1 atom stereocenters. The highest BCUT2D eigenvalue weighted by Crippen LogP contribution is 2.40. The van der Waals surface area contributed by atoms with E-state index >= 15 is 0 Å². The van der Waals surface area contributed by atoms with Crippen molar-refractivity contribution in [2.75, 3.05) is 31.6 Å². The van der Waals surface area contributed by atoms with Crippen molar-refractivity contribution in [3.63, 3.8) is 0 Å². The van der Waals surface area contributed by atoms with Crippen molar-refractivity contribution in [3.05, 3.63) is 55.8 Å². The number of fused-ring (bicyclic) bond motifs is 1. The van der Waals surface area contributed by atoms with Crippen LogP contribution in [-0.4, -0.2) is 70.4 Å². The molecule has 2 saturated heterocycles. The molecule has 1 aromatic heterocycles. The van der Waals surface area contributed by atoms with E-state index in [0.717, 1.165) is 56.4 Å². The molecule has 0 saturated carbocycles. The zero-order valence-electron chi connectivity index (χ0n) is 23.4. The summed E-state index contributed by atoms with van der Waals surface area (Å²) in [6.07, 6.45) is 4.08. The summed E-state index contributed by atoms with van der Waals surface area (Å²) in [5.74, 6) is 0.00406. The van der Waals surface area contributed by atoms with Gasteiger partial charge in [0.1, 0.15) is 16.7 Å². The Morgan fingerprint density at radius 3 is 2.76 bits per heavy atom. The van der Waals surface area contributed by atoms with Crippen molar-refractivity contribution >= 4 is 47.5 Å². The molecule has 1 spiro atoms. The molecule has 3 aliphatic heterocycles. The Balaban J connectivity index is 1.31. The van der Waals surface area contributed by atoms with Crippen molar-refractivity contribution < 1.29 is 14.6 Å². The number of hydrogen-bond acceptors (Lipinski definition) is 10. The number of carbonyl (C=O) groups is 1. The van der Waals surface area contributed by atoms with Crippen LogP contribution in [-0.2, 0) is 17.7 Å². The van der Waals surface area contributed by atoms with Crippen LogP contribution in [0.4, 0.5) is 5.69 Å². The van der Waals surface area contributed by atoms with Crippen LogP contribution in [0.1, 0.15) is 48.8 Å². The maximum atomic E-state index is 13.1. The number of hydrogen-bond donors (Lipinski definition) is 4. The molecule has 0 aliphatic carbocycles. The smallest absolute Gasteiger partial charge is 0.270 e. The minimum Gasteiger partial charge on any atom is -0.493 e. The monoisotopic (exact) mass is 614 g/mol. The van der Waals surface area contributed by atoms with Crippen LogP contribution in [0.25, 0.3) is 0 Å². The average Bonchev–Trinajstić information content (AvgIpc) is 3.32. The second-order valence-electron chi connectivity index (χ2n) is 10.8. The fourth-order valence-electron chi connectivity index (χ4n) is 5.66. The van der Waals surface area contributed by atoms with Crippen molar-refractivity contribution in [2.24, 2.45) is 26.9 Å². The van der Waals surface area contributed by atoms with Crippen LogP contribution in [0.5, 0.6) is 5.88 Å². The highest BCUT2D eigenvalue weighted by atomic mass is 35.5. The lowest BCUT2D eigenvalue weighted by atomic mass is 9.75. The number of aliphatic imine (C=N–C) groups is 2. The minimum atomic E-state index is -0.805. The summed E-state index contributed by atoms with van der Waals surface area (Å²) < 4.78 is 7.05. The second-order valence-corrected chi connectivity index (χ2v) is 12.2. The molecule has 14 heteroatoms. The van der Waals surface area contributed by atoms with Gasteiger partial charge >= 0.3 is 0 Å². The molecule has 224 valence electrons. The second kappa shape index (κ2) is 12.5. The molecule has 2 fully saturated rings. The fourth-order valence-corrected chi connectivity index (χ4v) is 6.71. The van der Waals surface area contributed by atoms with E-state index in [1.807, 2.05) is 6.92 Å². The van der Waals surface area contributed by atoms with E-state index in [4.69, 9.17) is 27.8 Å². The van der Waals surface area contributed by atoms with Gasteiger partial charge < -0.3 is 31.5 Å². The Morgan fingerprint density at radius 1 is 1.31 bits per heavy atom. The number of benzene rings is 1. The third-order valence-corrected chi connectivity index (χ3v) is 9.85. The summed E-state index contributed by atoms with van der Waals surface area (Å²) in [6, 6.07) is 5.07. The summed E-state index contributed by atoms with van der Waals surface area (Å²) in [4.78, 5) is 41.5. The number of ether oxygens (including phenoxy) is 1. The third kappa shape index (κ3) is 5.91. The summed E-state index contributed by atoms with van der Waals surface area (Å²) in [5.41, 5.74) is 11.9. The molecule has 0 unspecified atom stereocenters. The molecule has 6 N–H and O–H groups in total. The van der Waals surface area contributed by atoms with Crippen molar-refractivity contribution in [1.29, 1.82) is 0 Å². The number of rotatable bonds is 6. The number of piperidine rings is 1. The molecule has 4 heterocycles. The Morgan fingerprint density at radius 2 is 2.07 bits per heavy atom. The maximum Gasteiger partial charge on any atom is 0.270 e. The zero-order chi connectivity index (χ0) is 30.0. The largest absolute Gasteiger partial charge is 0.493 e. The molecule has 0 radical (unpaired) electrons. The zero-order valence-corrected chi connectivity index (χ0v) is 25.0. The number of nitrogens with two attached hydrogens (primary N) is 2. The van der Waals surface area contributed by atoms with Gasteiger partial charge in [0, 0.05) is 42.4 Å². The molecule has 1 amide bonds. The Bertz CT molecular complexity index is 1520. The number of amides is 1. The molecule has 42 heavy (non-hydrogen) atoms. The Hall–Kier alpha value is -3.39. The van der Waals surface area contributed by atoms with Gasteiger partial charge in [-0.1, -0.05) is 29.4 Å². The maximum absolute atomic E-state index is 13.1. The number of nitrogens with one attached hydrogen (secondary N) is 1. The Labute approximate surface area is 252 Å². The summed E-state index contributed by atoms with van der Waals surface area (Å²) >= 11 is 7.80. The molecular formula is C28H35ClN8O4S. The predicted octanol–water partition coefficient (Wildman–Crippen LogP) is 2.93. The number of halogens is 1. The first kappa shape index (κ1) is 30.1. The quantitative estimate of drug-likeness (QED) is 0.217. The van der Waals surface area contributed by atoms with Gasteiger partial charge in [0.15, 0.2) is 11.4 Å². The predicted molar refractivity (Wildman–Crippen MR) is 164 cm³/mol. The lowest BCUT2D eigenvalue weighted by Gasteiger charge is -2.41. The summed E-state index contributed by atoms with van der Waals surface area (Å²) in [6.45, 7) is 8.90. The van der Waals surface area contributed by atoms with Crippen molar-refractivity contribution in [3.8, 4) is 5.88 Å². The summed E-state index contributed by atoms with van der Waals surface area (Å²) in [7, 11) is 0. The molecule has 3 aliphatic rings. The number of nitrogens with zero attached hydrogens (tertiary/aromatic N) is 5. The van der Waals surface area contributed by atoms with Crippen LogP contribution in [0.3, 0.4) is 0 Å². The number of thioether (sulfide) groups is 1. The first-order chi connectivity index (χ1) is 20.1. The van der Waals surface area contributed by atoms with Gasteiger partial charge in [-0.15, -0.1) is 0 Å². The van der Waals surface area contributed by atoms with Gasteiger partial charge in [0.2, 0.25) is 5.88 Å². The van der Waals surface area contributed by atoms with Crippen LogP contribution >= 0.6 is 23.4 Å². The van der Waals surface area contributed by atoms with Crippen molar-refractivity contribution in [2.45, 2.75) is 56.5 Å². The highest BCUT2D eigenvalue weighted by molar-refractivity contribution is 8.03. The van der Waals surface area contributed by atoms with Crippen LogP contribution < -0.4 is 22.3 Å². The first-order valence-electron chi connectivity index (χ1n) is 13.8. The van der Waals surface area contributed by atoms with Crippen LogP contribution in [0.15, 0.2) is 48.7 Å². The highest BCUT2D eigenvalue weighted by Gasteiger charge is 2.44. The topological polar surface area (TPSA) is 173 Å². The normalized spacial score (nSPS) is 20.7. The number of amidine groups is 1. The number of anilines is 1. The van der Waals surface area contributed by atoms with E-state index in [2.05, 4.69) is 31.9 Å². The van der Waals surface area contributed by atoms with E-state index in [9.17, 15) is 14.7 Å².